The molecular formula is C29H29N5O2S. The van der Waals surface area contributed by atoms with Gasteiger partial charge in [0.05, 0.1) is 24.5 Å². The lowest BCUT2D eigenvalue weighted by molar-refractivity contribution is -0.115. The van der Waals surface area contributed by atoms with E-state index in [1.54, 1.807) is 13.3 Å². The van der Waals surface area contributed by atoms with Gasteiger partial charge in [0, 0.05) is 41.9 Å². The van der Waals surface area contributed by atoms with E-state index < -0.39 is 0 Å². The van der Waals surface area contributed by atoms with Gasteiger partial charge in [0.1, 0.15) is 11.8 Å². The lowest BCUT2D eigenvalue weighted by Gasteiger charge is -2.29. The minimum Gasteiger partial charge on any atom is -0.494 e. The Bertz CT molecular complexity index is 1440. The number of amides is 1. The van der Waals surface area contributed by atoms with Crippen LogP contribution < -0.4 is 20.3 Å². The molecule has 1 aliphatic rings. The number of aromatic nitrogens is 2. The summed E-state index contributed by atoms with van der Waals surface area (Å²) in [6.07, 6.45) is 4.26. The lowest BCUT2D eigenvalue weighted by atomic mass is 10.0. The zero-order valence-corrected chi connectivity index (χ0v) is 21.8. The van der Waals surface area contributed by atoms with Crippen molar-refractivity contribution in [3.63, 3.8) is 0 Å². The zero-order valence-electron chi connectivity index (χ0n) is 21.0. The number of anilines is 2. The van der Waals surface area contributed by atoms with Crippen molar-refractivity contribution in [1.29, 1.82) is 0 Å². The van der Waals surface area contributed by atoms with E-state index in [1.165, 1.54) is 5.56 Å². The number of carbonyl (C=O) groups is 1. The Labute approximate surface area is 222 Å². The summed E-state index contributed by atoms with van der Waals surface area (Å²) in [5, 5.41) is 7.00. The van der Waals surface area contributed by atoms with Gasteiger partial charge in [-0.25, -0.2) is 0 Å². The Morgan fingerprint density at radius 2 is 1.95 bits per heavy atom. The normalized spacial score (nSPS) is 16.9. The number of carbonyl (C=O) groups excluding carboxylic acids is 1. The highest BCUT2D eigenvalue weighted by Gasteiger charge is 2.42. The number of hydrogen-bond acceptors (Lipinski definition) is 4. The summed E-state index contributed by atoms with van der Waals surface area (Å²) in [6.45, 7) is 3.91. The number of thiocarbonyl (C=S) groups is 1. The number of hydrogen-bond donors (Lipinski definition) is 2. The Balaban J connectivity index is 1.63. The van der Waals surface area contributed by atoms with Crippen molar-refractivity contribution in [2.24, 2.45) is 0 Å². The standard InChI is InChI=1S/C29H29N5O2S/c1-4-26(35)31-22-14-13-21(18-25(22)36-3)34-28(27(32-29(34)37)23-11-5-6-15-30-23)24-12-8-16-33(24)20-10-7-9-19(2)17-20/h5-18,27-28H,4H2,1-3H3,(H,31,35)(H,32,37). The van der Waals surface area contributed by atoms with E-state index in [1.807, 2.05) is 43.3 Å². The molecular weight excluding hydrogens is 482 g/mol. The van der Waals surface area contributed by atoms with Crippen molar-refractivity contribution >= 4 is 34.6 Å². The summed E-state index contributed by atoms with van der Waals surface area (Å²) in [4.78, 5) is 18.8. The molecule has 3 heterocycles. The van der Waals surface area contributed by atoms with Crippen LogP contribution in [-0.4, -0.2) is 27.7 Å². The molecule has 0 radical (unpaired) electrons. The van der Waals surface area contributed by atoms with Gasteiger partial charge in [-0.3, -0.25) is 9.78 Å². The molecule has 0 spiro atoms. The second-order valence-corrected chi connectivity index (χ2v) is 9.31. The van der Waals surface area contributed by atoms with Gasteiger partial charge >= 0.3 is 0 Å². The molecule has 4 aromatic rings. The van der Waals surface area contributed by atoms with Crippen LogP contribution in [0.15, 0.2) is 85.2 Å². The van der Waals surface area contributed by atoms with Crippen molar-refractivity contribution in [2.75, 3.05) is 17.3 Å². The third kappa shape index (κ3) is 4.80. The molecule has 0 bridgehead atoms. The second-order valence-electron chi connectivity index (χ2n) is 8.92. The molecule has 1 aliphatic heterocycles. The summed E-state index contributed by atoms with van der Waals surface area (Å²) in [6, 6.07) is 23.9. The van der Waals surface area contributed by atoms with Crippen molar-refractivity contribution in [1.82, 2.24) is 14.9 Å². The predicted octanol–water partition coefficient (Wildman–Crippen LogP) is 5.71. The molecule has 37 heavy (non-hydrogen) atoms. The first kappa shape index (κ1) is 24.5. The van der Waals surface area contributed by atoms with Crippen LogP contribution in [0.3, 0.4) is 0 Å². The average Bonchev–Trinajstić information content (AvgIpc) is 3.53. The van der Waals surface area contributed by atoms with Gasteiger partial charge in [-0.1, -0.05) is 25.1 Å². The van der Waals surface area contributed by atoms with Gasteiger partial charge in [0.15, 0.2) is 5.11 Å². The van der Waals surface area contributed by atoms with E-state index in [4.69, 9.17) is 17.0 Å². The first-order valence-electron chi connectivity index (χ1n) is 12.2. The number of pyridine rings is 1. The van der Waals surface area contributed by atoms with Gasteiger partial charge in [0.25, 0.3) is 0 Å². The minimum absolute atomic E-state index is 0.0755. The fraction of sp³-hybridized carbons (Fsp3) is 0.207. The van der Waals surface area contributed by atoms with Crippen molar-refractivity contribution < 1.29 is 9.53 Å². The number of aryl methyl sites for hydroxylation is 1. The lowest BCUT2D eigenvalue weighted by Crippen LogP contribution is -2.30. The first-order valence-corrected chi connectivity index (χ1v) is 12.6. The second kappa shape index (κ2) is 10.4. The topological polar surface area (TPSA) is 71.4 Å². The van der Waals surface area contributed by atoms with E-state index in [0.717, 1.165) is 22.8 Å². The first-order chi connectivity index (χ1) is 18.0. The van der Waals surface area contributed by atoms with Crippen LogP contribution in [0.25, 0.3) is 5.69 Å². The summed E-state index contributed by atoms with van der Waals surface area (Å²) in [5.41, 5.74) is 5.70. The van der Waals surface area contributed by atoms with Crippen LogP contribution in [0.1, 0.15) is 42.4 Å². The molecule has 8 heteroatoms. The fourth-order valence-electron chi connectivity index (χ4n) is 4.75. The molecule has 0 aliphatic carbocycles. The van der Waals surface area contributed by atoms with E-state index >= 15 is 0 Å². The van der Waals surface area contributed by atoms with Crippen molar-refractivity contribution in [3.8, 4) is 11.4 Å². The third-order valence-electron chi connectivity index (χ3n) is 6.52. The maximum Gasteiger partial charge on any atom is 0.224 e. The summed E-state index contributed by atoms with van der Waals surface area (Å²) < 4.78 is 7.84. The number of methoxy groups -OCH3 is 1. The van der Waals surface area contributed by atoms with Gasteiger partial charge in [0.2, 0.25) is 5.91 Å². The van der Waals surface area contributed by atoms with Crippen LogP contribution in [0.2, 0.25) is 0 Å². The fourth-order valence-corrected chi connectivity index (χ4v) is 5.10. The van der Waals surface area contributed by atoms with Gasteiger partial charge in [-0.05, 0) is 73.2 Å². The van der Waals surface area contributed by atoms with E-state index in [2.05, 4.69) is 74.6 Å². The van der Waals surface area contributed by atoms with Gasteiger partial charge in [-0.15, -0.1) is 0 Å². The molecule has 0 saturated carbocycles. The highest BCUT2D eigenvalue weighted by molar-refractivity contribution is 7.80. The molecule has 1 amide bonds. The van der Waals surface area contributed by atoms with E-state index in [-0.39, 0.29) is 18.0 Å². The summed E-state index contributed by atoms with van der Waals surface area (Å²) in [7, 11) is 1.60. The maximum atomic E-state index is 12.0. The largest absolute Gasteiger partial charge is 0.494 e. The van der Waals surface area contributed by atoms with Crippen LogP contribution in [0, 0.1) is 6.92 Å². The van der Waals surface area contributed by atoms with Crippen molar-refractivity contribution in [2.45, 2.75) is 32.4 Å². The number of benzene rings is 2. The summed E-state index contributed by atoms with van der Waals surface area (Å²) >= 11 is 5.90. The van der Waals surface area contributed by atoms with E-state index in [0.29, 0.717) is 23.0 Å². The van der Waals surface area contributed by atoms with Crippen molar-refractivity contribution in [3.05, 3.63) is 102 Å². The highest BCUT2D eigenvalue weighted by Crippen LogP contribution is 2.43. The molecule has 2 aromatic heterocycles. The number of nitrogens with zero attached hydrogens (tertiary/aromatic N) is 3. The Morgan fingerprint density at radius 1 is 1.08 bits per heavy atom. The maximum absolute atomic E-state index is 12.0. The minimum atomic E-state index is -0.196. The molecule has 188 valence electrons. The van der Waals surface area contributed by atoms with Gasteiger partial charge in [-0.2, -0.15) is 0 Å². The number of ether oxygens (including phenoxy) is 1. The smallest absolute Gasteiger partial charge is 0.224 e. The number of rotatable bonds is 7. The molecule has 2 aromatic carbocycles. The third-order valence-corrected chi connectivity index (χ3v) is 6.83. The summed E-state index contributed by atoms with van der Waals surface area (Å²) in [5.74, 6) is 0.490. The molecule has 1 fully saturated rings. The van der Waals surface area contributed by atoms with Crippen LogP contribution in [0.5, 0.6) is 5.75 Å². The molecule has 2 unspecified atom stereocenters. The predicted molar refractivity (Wildman–Crippen MR) is 150 cm³/mol. The SMILES string of the molecule is CCC(=O)Nc1ccc(N2C(=S)NC(c3ccccn3)C2c2cccn2-c2cccc(C)c2)cc1OC. The quantitative estimate of drug-likeness (QED) is 0.310. The Hall–Kier alpha value is -4.17. The van der Waals surface area contributed by atoms with Crippen LogP contribution >= 0.6 is 12.2 Å². The van der Waals surface area contributed by atoms with Crippen LogP contribution in [0.4, 0.5) is 11.4 Å². The molecule has 2 atom stereocenters. The molecule has 2 N–H and O–H groups in total. The Kier molecular flexibility index (Phi) is 6.92. The highest BCUT2D eigenvalue weighted by atomic mass is 32.1. The molecule has 1 saturated heterocycles. The van der Waals surface area contributed by atoms with Gasteiger partial charge < -0.3 is 24.8 Å². The number of nitrogens with one attached hydrogen (secondary N) is 2. The molecule has 5 rings (SSSR count). The Morgan fingerprint density at radius 3 is 2.68 bits per heavy atom. The monoisotopic (exact) mass is 511 g/mol. The van der Waals surface area contributed by atoms with E-state index in [9.17, 15) is 4.79 Å². The zero-order chi connectivity index (χ0) is 25.9. The van der Waals surface area contributed by atoms with Crippen LogP contribution in [-0.2, 0) is 4.79 Å². The molecule has 7 nitrogen and oxygen atoms in total. The average molecular weight is 512 g/mol.